The zero-order valence-electron chi connectivity index (χ0n) is 15.7. The molecule has 0 radical (unpaired) electrons. The smallest absolute Gasteiger partial charge is 0.255 e. The van der Waals surface area contributed by atoms with Crippen molar-refractivity contribution in [1.29, 1.82) is 0 Å². The lowest BCUT2D eigenvalue weighted by Crippen LogP contribution is -2.28. The first-order valence-corrected chi connectivity index (χ1v) is 9.79. The van der Waals surface area contributed by atoms with Gasteiger partial charge in [-0.3, -0.25) is 14.6 Å². The van der Waals surface area contributed by atoms with Crippen molar-refractivity contribution in [2.45, 2.75) is 39.7 Å². The Labute approximate surface area is 165 Å². The van der Waals surface area contributed by atoms with E-state index in [0.29, 0.717) is 31.0 Å². The lowest BCUT2D eigenvalue weighted by molar-refractivity contribution is -0.128. The number of likely N-dealkylation sites (tertiary alicyclic amines) is 1. The van der Waals surface area contributed by atoms with Crippen LogP contribution in [0.2, 0.25) is 0 Å². The van der Waals surface area contributed by atoms with Crippen LogP contribution in [0.4, 0.5) is 5.69 Å². The number of hydrogen-bond donors (Lipinski definition) is 0. The van der Waals surface area contributed by atoms with Gasteiger partial charge in [-0.15, -0.1) is 0 Å². The van der Waals surface area contributed by atoms with Gasteiger partial charge < -0.3 is 9.80 Å². The molecule has 27 heavy (non-hydrogen) atoms. The zero-order chi connectivity index (χ0) is 19.4. The summed E-state index contributed by atoms with van der Waals surface area (Å²) < 4.78 is 0. The highest BCUT2D eigenvalue weighted by Crippen LogP contribution is 2.31. The number of nitrogens with zero attached hydrogens (tertiary/aromatic N) is 3. The minimum Gasteiger partial charge on any atom is -0.338 e. The number of carbonyl (C=O) groups is 2. The molecule has 1 aromatic heterocycles. The van der Waals surface area contributed by atoms with E-state index in [0.717, 1.165) is 35.4 Å². The van der Waals surface area contributed by atoms with E-state index in [1.165, 1.54) is 0 Å². The highest BCUT2D eigenvalue weighted by Gasteiger charge is 2.30. The molecule has 6 heteroatoms. The Kier molecular flexibility index (Phi) is 6.11. The lowest BCUT2D eigenvalue weighted by Gasteiger charge is -2.19. The van der Waals surface area contributed by atoms with Crippen LogP contribution in [-0.2, 0) is 16.1 Å². The van der Waals surface area contributed by atoms with Crippen LogP contribution < -0.4 is 4.90 Å². The summed E-state index contributed by atoms with van der Waals surface area (Å²) in [5, 5.41) is 0.638. The Balaban J connectivity index is 0.00000102. The van der Waals surface area contributed by atoms with Gasteiger partial charge in [-0.1, -0.05) is 31.5 Å². The second-order valence-corrected chi connectivity index (χ2v) is 6.94. The Hall–Kier alpha value is -2.40. The molecule has 2 amide bonds. The maximum absolute atomic E-state index is 12.8. The summed E-state index contributed by atoms with van der Waals surface area (Å²) >= 11 is 6.12. The van der Waals surface area contributed by atoms with Crippen LogP contribution >= 0.6 is 11.6 Å². The number of rotatable bonds is 3. The van der Waals surface area contributed by atoms with Crippen LogP contribution in [0.3, 0.4) is 0 Å². The summed E-state index contributed by atoms with van der Waals surface area (Å²) in [4.78, 5) is 32.4. The summed E-state index contributed by atoms with van der Waals surface area (Å²) in [6.45, 7) is 5.83. The number of amides is 2. The highest BCUT2D eigenvalue weighted by molar-refractivity contribution is 6.31. The molecule has 0 atom stereocenters. The fourth-order valence-electron chi connectivity index (χ4n) is 3.50. The predicted molar refractivity (Wildman–Crippen MR) is 107 cm³/mol. The lowest BCUT2D eigenvalue weighted by atomic mass is 10.1. The molecule has 3 aliphatic rings. The first-order chi connectivity index (χ1) is 13.1. The number of anilines is 1. The fraction of sp³-hybridized carbons (Fsp3) is 0.381. The van der Waals surface area contributed by atoms with Gasteiger partial charge in [0.05, 0.1) is 18.4 Å². The first kappa shape index (κ1) is 19.4. The molecule has 0 unspecified atom stereocenters. The van der Waals surface area contributed by atoms with Crippen LogP contribution in [0.15, 0.2) is 52.9 Å². The van der Waals surface area contributed by atoms with Gasteiger partial charge in [0.2, 0.25) is 5.91 Å². The van der Waals surface area contributed by atoms with Crippen molar-refractivity contribution in [3.8, 4) is 0 Å². The largest absolute Gasteiger partial charge is 0.338 e. The minimum absolute atomic E-state index is 0.00142. The van der Waals surface area contributed by atoms with Gasteiger partial charge in [0.1, 0.15) is 0 Å². The molecule has 0 aromatic carbocycles. The molecule has 0 saturated carbocycles. The Morgan fingerprint density at radius 1 is 1.22 bits per heavy atom. The van der Waals surface area contributed by atoms with Crippen LogP contribution in [-0.4, -0.2) is 34.8 Å². The van der Waals surface area contributed by atoms with E-state index >= 15 is 0 Å². The van der Waals surface area contributed by atoms with E-state index in [9.17, 15) is 9.59 Å². The molecule has 1 saturated heterocycles. The molecule has 1 aliphatic carbocycles. The van der Waals surface area contributed by atoms with E-state index in [1.54, 1.807) is 17.3 Å². The van der Waals surface area contributed by atoms with Crippen LogP contribution in [0.25, 0.3) is 0 Å². The third-order valence-corrected chi connectivity index (χ3v) is 5.00. The van der Waals surface area contributed by atoms with E-state index < -0.39 is 0 Å². The van der Waals surface area contributed by atoms with Gasteiger partial charge in [0.15, 0.2) is 0 Å². The number of halogens is 1. The van der Waals surface area contributed by atoms with Crippen molar-refractivity contribution in [1.82, 2.24) is 9.88 Å². The second-order valence-electron chi connectivity index (χ2n) is 6.50. The van der Waals surface area contributed by atoms with E-state index in [4.69, 9.17) is 11.6 Å². The van der Waals surface area contributed by atoms with Crippen LogP contribution in [0.5, 0.6) is 0 Å². The van der Waals surface area contributed by atoms with Crippen LogP contribution in [0, 0.1) is 0 Å². The fourth-order valence-corrected chi connectivity index (χ4v) is 3.72. The molecule has 0 N–H and O–H groups in total. The number of pyridine rings is 1. The standard InChI is InChI=1S/C19H18ClN3O2.C2H6/c20-15-3-1-4-17-14(8-15)12-23(19(17)25)16-7-13(9-21-10-16)11-22-6-2-5-18(22)24;1-2/h1,3,7-10H,2,4-6,11-12H2;1-2H3. The predicted octanol–water partition coefficient (Wildman–Crippen LogP) is 3.96. The second kappa shape index (κ2) is 8.53. The van der Waals surface area contributed by atoms with Crippen molar-refractivity contribution >= 4 is 29.1 Å². The van der Waals surface area contributed by atoms with Crippen molar-refractivity contribution in [2.24, 2.45) is 0 Å². The Morgan fingerprint density at radius 2 is 2.04 bits per heavy atom. The molecular formula is C21H24ClN3O2. The number of hydrogen-bond acceptors (Lipinski definition) is 3. The van der Waals surface area contributed by atoms with E-state index in [2.05, 4.69) is 4.98 Å². The number of allylic oxidation sites excluding steroid dienone is 3. The SMILES string of the molecule is CC.O=C1CCCN1Cc1cncc(N2CC3=C(CC=CC(Cl)=C3)C2=O)c1. The van der Waals surface area contributed by atoms with Gasteiger partial charge in [-0.25, -0.2) is 0 Å². The van der Waals surface area contributed by atoms with Gasteiger partial charge in [0.25, 0.3) is 5.91 Å². The summed E-state index contributed by atoms with van der Waals surface area (Å²) in [6, 6.07) is 1.95. The maximum atomic E-state index is 12.8. The topological polar surface area (TPSA) is 53.5 Å². The van der Waals surface area contributed by atoms with Crippen molar-refractivity contribution in [2.75, 3.05) is 18.0 Å². The molecule has 1 aromatic rings. The average molecular weight is 386 g/mol. The molecule has 3 heterocycles. The van der Waals surface area contributed by atoms with Crippen molar-refractivity contribution in [3.63, 3.8) is 0 Å². The highest BCUT2D eigenvalue weighted by atomic mass is 35.5. The molecule has 2 aliphatic heterocycles. The number of aromatic nitrogens is 1. The molecule has 0 spiro atoms. The molecule has 5 nitrogen and oxygen atoms in total. The maximum Gasteiger partial charge on any atom is 0.255 e. The van der Waals surface area contributed by atoms with E-state index in [-0.39, 0.29) is 11.8 Å². The molecule has 0 bridgehead atoms. The summed E-state index contributed by atoms with van der Waals surface area (Å²) in [5.41, 5.74) is 3.44. The quantitative estimate of drug-likeness (QED) is 0.791. The average Bonchev–Trinajstić information content (AvgIpc) is 3.14. The zero-order valence-corrected chi connectivity index (χ0v) is 16.5. The third-order valence-electron chi connectivity index (χ3n) is 4.77. The summed E-state index contributed by atoms with van der Waals surface area (Å²) in [6.07, 6.45) is 11.2. The Bertz CT molecular complexity index is 842. The first-order valence-electron chi connectivity index (χ1n) is 9.41. The summed E-state index contributed by atoms with van der Waals surface area (Å²) in [7, 11) is 0. The summed E-state index contributed by atoms with van der Waals surface area (Å²) in [5.74, 6) is 0.182. The normalized spacial score (nSPS) is 19.0. The monoisotopic (exact) mass is 385 g/mol. The number of carbonyl (C=O) groups excluding carboxylic acids is 2. The minimum atomic E-state index is -0.00142. The molecule has 142 valence electrons. The van der Waals surface area contributed by atoms with E-state index in [1.807, 2.05) is 43.0 Å². The molecule has 4 rings (SSSR count). The van der Waals surface area contributed by atoms with Gasteiger partial charge in [-0.2, -0.15) is 0 Å². The molecular weight excluding hydrogens is 362 g/mol. The molecule has 1 fully saturated rings. The Morgan fingerprint density at radius 3 is 2.78 bits per heavy atom. The van der Waals surface area contributed by atoms with Gasteiger partial charge in [0, 0.05) is 36.3 Å². The van der Waals surface area contributed by atoms with Crippen LogP contribution in [0.1, 0.15) is 38.7 Å². The van der Waals surface area contributed by atoms with Crippen molar-refractivity contribution in [3.05, 3.63) is 58.4 Å². The van der Waals surface area contributed by atoms with Gasteiger partial charge >= 0.3 is 0 Å². The van der Waals surface area contributed by atoms with Crippen molar-refractivity contribution < 1.29 is 9.59 Å². The third kappa shape index (κ3) is 4.14. The van der Waals surface area contributed by atoms with Gasteiger partial charge in [-0.05, 0) is 42.2 Å².